The molecule has 2 aromatic carbocycles. The van der Waals surface area contributed by atoms with E-state index in [2.05, 4.69) is 15.6 Å². The van der Waals surface area contributed by atoms with Gasteiger partial charge in [0.25, 0.3) is 0 Å². The Kier molecular flexibility index (Phi) is 7.01. The summed E-state index contributed by atoms with van der Waals surface area (Å²) in [6.45, 7) is 3.44. The number of nitrogens with zero attached hydrogens (tertiary/aromatic N) is 1. The van der Waals surface area contributed by atoms with Crippen LogP contribution in [0.3, 0.4) is 0 Å². The molecule has 0 spiro atoms. The van der Waals surface area contributed by atoms with Gasteiger partial charge in [-0.3, -0.25) is 9.59 Å². The Morgan fingerprint density at radius 3 is 2.45 bits per heavy atom. The lowest BCUT2D eigenvalue weighted by Gasteiger charge is -2.18. The number of benzene rings is 2. The summed E-state index contributed by atoms with van der Waals surface area (Å²) in [6.07, 6.45) is 2.62. The number of amides is 2. The fourth-order valence-electron chi connectivity index (χ4n) is 2.90. The first-order valence-corrected chi connectivity index (χ1v) is 10.4. The molecular weight excluding hydrogens is 406 g/mol. The van der Waals surface area contributed by atoms with Gasteiger partial charge in [0.15, 0.2) is 5.13 Å². The molecule has 7 heteroatoms. The van der Waals surface area contributed by atoms with Gasteiger partial charge < -0.3 is 10.6 Å². The number of carbonyl (C=O) groups excluding carboxylic acids is 2. The second-order valence-electron chi connectivity index (χ2n) is 6.85. The molecule has 0 aliphatic rings. The number of anilines is 1. The molecule has 0 saturated heterocycles. The number of aromatic nitrogens is 1. The number of hydrogen-bond donors (Lipinski definition) is 2. The Morgan fingerprint density at radius 1 is 1.10 bits per heavy atom. The van der Waals surface area contributed by atoms with Gasteiger partial charge in [0.05, 0.1) is 12.5 Å². The first kappa shape index (κ1) is 21.0. The minimum Gasteiger partial charge on any atom is -0.349 e. The number of aryl methyl sites for hydroxylation is 1. The highest BCUT2D eigenvalue weighted by Gasteiger charge is 2.18. The summed E-state index contributed by atoms with van der Waals surface area (Å²) in [5.41, 5.74) is 3.14. The number of rotatable bonds is 7. The van der Waals surface area contributed by atoms with Crippen LogP contribution in [0.2, 0.25) is 5.02 Å². The zero-order valence-corrected chi connectivity index (χ0v) is 17.8. The van der Waals surface area contributed by atoms with E-state index >= 15 is 0 Å². The van der Waals surface area contributed by atoms with Crippen molar-refractivity contribution in [3.05, 3.63) is 81.3 Å². The quantitative estimate of drug-likeness (QED) is 0.563. The van der Waals surface area contributed by atoms with Crippen molar-refractivity contribution in [2.75, 3.05) is 5.32 Å². The molecule has 0 aliphatic carbocycles. The van der Waals surface area contributed by atoms with Crippen molar-refractivity contribution >= 4 is 39.9 Å². The first-order chi connectivity index (χ1) is 13.9. The molecule has 3 aromatic rings. The molecule has 150 valence electrons. The number of thiazole rings is 1. The lowest BCUT2D eigenvalue weighted by molar-refractivity contribution is -0.120. The molecule has 0 aliphatic heterocycles. The van der Waals surface area contributed by atoms with Gasteiger partial charge in [0, 0.05) is 29.4 Å². The van der Waals surface area contributed by atoms with Crippen LogP contribution in [-0.4, -0.2) is 16.8 Å². The molecule has 2 amide bonds. The third-order valence-corrected chi connectivity index (χ3v) is 5.50. The van der Waals surface area contributed by atoms with Gasteiger partial charge in [-0.2, -0.15) is 0 Å². The largest absolute Gasteiger partial charge is 0.349 e. The summed E-state index contributed by atoms with van der Waals surface area (Å²) in [4.78, 5) is 29.4. The maximum atomic E-state index is 12.5. The van der Waals surface area contributed by atoms with Gasteiger partial charge in [-0.25, -0.2) is 4.98 Å². The third-order valence-electron chi connectivity index (χ3n) is 4.34. The Balaban J connectivity index is 1.62. The molecule has 0 saturated carbocycles. The van der Waals surface area contributed by atoms with Gasteiger partial charge in [0.2, 0.25) is 11.8 Å². The highest BCUT2D eigenvalue weighted by atomic mass is 35.5. The number of halogens is 1. The van der Waals surface area contributed by atoms with E-state index in [1.807, 2.05) is 55.5 Å². The fourth-order valence-corrected chi connectivity index (χ4v) is 3.89. The molecule has 1 aromatic heterocycles. The van der Waals surface area contributed by atoms with Crippen LogP contribution in [0, 0.1) is 6.92 Å². The van der Waals surface area contributed by atoms with Crippen molar-refractivity contribution in [3.63, 3.8) is 0 Å². The monoisotopic (exact) mass is 427 g/mol. The van der Waals surface area contributed by atoms with Crippen molar-refractivity contribution in [1.29, 1.82) is 0 Å². The lowest BCUT2D eigenvalue weighted by Crippen LogP contribution is -2.29. The summed E-state index contributed by atoms with van der Waals surface area (Å²) in [6, 6.07) is 15.1. The SMILES string of the molecule is CC(=O)NC(CC(=O)Nc1ncc(Cc2ccc(Cl)cc2)s1)c1ccc(C)cc1. The van der Waals surface area contributed by atoms with Gasteiger partial charge in [-0.15, -0.1) is 11.3 Å². The van der Waals surface area contributed by atoms with E-state index in [0.717, 1.165) is 28.0 Å². The van der Waals surface area contributed by atoms with Crippen LogP contribution in [0.15, 0.2) is 54.7 Å². The van der Waals surface area contributed by atoms with Crippen LogP contribution < -0.4 is 10.6 Å². The zero-order chi connectivity index (χ0) is 20.8. The van der Waals surface area contributed by atoms with E-state index in [9.17, 15) is 9.59 Å². The summed E-state index contributed by atoms with van der Waals surface area (Å²) >= 11 is 7.35. The van der Waals surface area contributed by atoms with Crippen molar-refractivity contribution in [3.8, 4) is 0 Å². The van der Waals surface area contributed by atoms with Gasteiger partial charge >= 0.3 is 0 Å². The maximum Gasteiger partial charge on any atom is 0.228 e. The molecule has 1 atom stereocenters. The zero-order valence-electron chi connectivity index (χ0n) is 16.2. The Morgan fingerprint density at radius 2 is 1.79 bits per heavy atom. The fraction of sp³-hybridized carbons (Fsp3) is 0.227. The van der Waals surface area contributed by atoms with Crippen LogP contribution >= 0.6 is 22.9 Å². The molecule has 0 radical (unpaired) electrons. The molecule has 1 unspecified atom stereocenters. The van der Waals surface area contributed by atoms with Crippen LogP contribution in [0.25, 0.3) is 0 Å². The van der Waals surface area contributed by atoms with E-state index in [0.29, 0.717) is 10.2 Å². The lowest BCUT2D eigenvalue weighted by atomic mass is 10.0. The highest BCUT2D eigenvalue weighted by Crippen LogP contribution is 2.23. The minimum atomic E-state index is -0.387. The molecule has 1 heterocycles. The average molecular weight is 428 g/mol. The Bertz CT molecular complexity index is 984. The topological polar surface area (TPSA) is 71.1 Å². The van der Waals surface area contributed by atoms with E-state index in [4.69, 9.17) is 11.6 Å². The summed E-state index contributed by atoms with van der Waals surface area (Å²) < 4.78 is 0. The predicted molar refractivity (Wildman–Crippen MR) is 117 cm³/mol. The number of carbonyl (C=O) groups is 2. The van der Waals surface area contributed by atoms with Gasteiger partial charge in [-0.1, -0.05) is 53.6 Å². The van der Waals surface area contributed by atoms with Crippen molar-refractivity contribution < 1.29 is 9.59 Å². The van der Waals surface area contributed by atoms with E-state index in [1.165, 1.54) is 18.3 Å². The van der Waals surface area contributed by atoms with Gasteiger partial charge in [-0.05, 0) is 30.2 Å². The van der Waals surface area contributed by atoms with Crippen molar-refractivity contribution in [2.24, 2.45) is 0 Å². The number of nitrogens with one attached hydrogen (secondary N) is 2. The standard InChI is InChI=1S/C22H22ClN3O2S/c1-14-3-7-17(8-4-14)20(25-15(2)27)12-21(28)26-22-24-13-19(29-22)11-16-5-9-18(23)10-6-16/h3-10,13,20H,11-12H2,1-2H3,(H,25,27)(H,24,26,28). The van der Waals surface area contributed by atoms with E-state index in [-0.39, 0.29) is 24.3 Å². The molecule has 0 fully saturated rings. The van der Waals surface area contributed by atoms with Crippen molar-refractivity contribution in [1.82, 2.24) is 10.3 Å². The molecule has 3 rings (SSSR count). The summed E-state index contributed by atoms with van der Waals surface area (Å²) in [7, 11) is 0. The van der Waals surface area contributed by atoms with Crippen LogP contribution in [0.1, 0.15) is 41.0 Å². The molecule has 0 bridgehead atoms. The van der Waals surface area contributed by atoms with Gasteiger partial charge in [0.1, 0.15) is 0 Å². The second-order valence-corrected chi connectivity index (χ2v) is 8.40. The highest BCUT2D eigenvalue weighted by molar-refractivity contribution is 7.15. The molecule has 2 N–H and O–H groups in total. The second kappa shape index (κ2) is 9.67. The minimum absolute atomic E-state index is 0.134. The first-order valence-electron chi connectivity index (χ1n) is 9.21. The summed E-state index contributed by atoms with van der Waals surface area (Å²) in [5.74, 6) is -0.375. The van der Waals surface area contributed by atoms with E-state index in [1.54, 1.807) is 6.20 Å². The normalized spacial score (nSPS) is 11.7. The smallest absolute Gasteiger partial charge is 0.228 e. The molecule has 29 heavy (non-hydrogen) atoms. The molecular formula is C22H22ClN3O2S. The summed E-state index contributed by atoms with van der Waals surface area (Å²) in [5, 5.41) is 6.93. The Labute approximate surface area is 179 Å². The van der Waals surface area contributed by atoms with Crippen molar-refractivity contribution in [2.45, 2.75) is 32.7 Å². The number of hydrogen-bond acceptors (Lipinski definition) is 4. The van der Waals surface area contributed by atoms with Crippen LogP contribution in [-0.2, 0) is 16.0 Å². The third kappa shape index (κ3) is 6.41. The van der Waals surface area contributed by atoms with Crippen LogP contribution in [0.4, 0.5) is 5.13 Å². The predicted octanol–water partition coefficient (Wildman–Crippen LogP) is 4.90. The maximum absolute atomic E-state index is 12.5. The average Bonchev–Trinajstić information content (AvgIpc) is 3.10. The molecule has 5 nitrogen and oxygen atoms in total. The van der Waals surface area contributed by atoms with Crippen LogP contribution in [0.5, 0.6) is 0 Å². The van der Waals surface area contributed by atoms with E-state index < -0.39 is 0 Å². The Hall–Kier alpha value is -2.70.